The number of fused-ring (bicyclic) bond motifs is 7. The van der Waals surface area contributed by atoms with E-state index in [0.29, 0.717) is 0 Å². The second-order valence-electron chi connectivity index (χ2n) is 8.51. The van der Waals surface area contributed by atoms with Crippen LogP contribution in [0.2, 0.25) is 0 Å². The molecule has 156 valence electrons. The van der Waals surface area contributed by atoms with Crippen LogP contribution in [0, 0.1) is 0 Å². The van der Waals surface area contributed by atoms with E-state index in [4.69, 9.17) is 4.74 Å². The minimum atomic E-state index is 0.881. The van der Waals surface area contributed by atoms with Gasteiger partial charge in [-0.3, -0.25) is 0 Å². The number of hydrogen-bond acceptors (Lipinski definition) is 2. The number of nitrogens with one attached hydrogen (secondary N) is 1. The summed E-state index contributed by atoms with van der Waals surface area (Å²) in [5.41, 5.74) is 5.21. The van der Waals surface area contributed by atoms with Crippen LogP contribution in [0.3, 0.4) is 0 Å². The minimum Gasteiger partial charge on any atom is -0.453 e. The summed E-state index contributed by atoms with van der Waals surface area (Å²) in [6.07, 6.45) is 5.22. The Bertz CT molecular complexity index is 1350. The largest absolute Gasteiger partial charge is 0.453 e. The molecule has 1 aliphatic heterocycles. The predicted molar refractivity (Wildman–Crippen MR) is 134 cm³/mol. The van der Waals surface area contributed by atoms with Crippen molar-refractivity contribution in [3.8, 4) is 11.5 Å². The highest BCUT2D eigenvalue weighted by atomic mass is 16.5. The van der Waals surface area contributed by atoms with Crippen LogP contribution in [-0.2, 0) is 12.8 Å². The second kappa shape index (κ2) is 8.05. The zero-order valence-corrected chi connectivity index (χ0v) is 18.0. The smallest absolute Gasteiger partial charge is 0.150 e. The molecule has 1 heterocycles. The van der Waals surface area contributed by atoms with Crippen LogP contribution in [-0.4, -0.2) is 0 Å². The van der Waals surface area contributed by atoms with Crippen LogP contribution in [0.4, 0.5) is 11.4 Å². The van der Waals surface area contributed by atoms with Crippen LogP contribution >= 0.6 is 0 Å². The lowest BCUT2D eigenvalue weighted by Crippen LogP contribution is -2.02. The summed E-state index contributed by atoms with van der Waals surface area (Å²) in [4.78, 5) is 0. The molecule has 5 aromatic rings. The van der Waals surface area contributed by atoms with Crippen molar-refractivity contribution in [2.45, 2.75) is 25.7 Å². The fourth-order valence-corrected chi connectivity index (χ4v) is 4.92. The third-order valence-electron chi connectivity index (χ3n) is 6.52. The van der Waals surface area contributed by atoms with Gasteiger partial charge in [-0.05, 0) is 82.6 Å². The first-order valence-electron chi connectivity index (χ1n) is 11.4. The highest BCUT2D eigenvalue weighted by Gasteiger charge is 2.14. The molecule has 32 heavy (non-hydrogen) atoms. The molecule has 0 bridgehead atoms. The van der Waals surface area contributed by atoms with Crippen molar-refractivity contribution in [3.05, 3.63) is 108 Å². The Morgan fingerprint density at radius 3 is 2.00 bits per heavy atom. The van der Waals surface area contributed by atoms with E-state index in [2.05, 4.69) is 53.8 Å². The van der Waals surface area contributed by atoms with E-state index in [-0.39, 0.29) is 0 Å². The van der Waals surface area contributed by atoms with Crippen molar-refractivity contribution in [1.82, 2.24) is 0 Å². The normalized spacial score (nSPS) is 13.6. The summed E-state index contributed by atoms with van der Waals surface area (Å²) in [6.45, 7) is 0. The van der Waals surface area contributed by atoms with Gasteiger partial charge in [-0.1, -0.05) is 72.8 Å². The molecule has 1 N–H and O–H groups in total. The Labute approximate surface area is 188 Å². The van der Waals surface area contributed by atoms with Crippen LogP contribution in [0.15, 0.2) is 97.1 Å². The van der Waals surface area contributed by atoms with Gasteiger partial charge in [-0.2, -0.15) is 0 Å². The third kappa shape index (κ3) is 3.38. The van der Waals surface area contributed by atoms with Crippen molar-refractivity contribution in [3.63, 3.8) is 0 Å². The van der Waals surface area contributed by atoms with E-state index in [1.54, 1.807) is 11.1 Å². The number of rotatable bonds is 0. The Morgan fingerprint density at radius 2 is 1.19 bits per heavy atom. The Hall–Kier alpha value is -3.78. The Morgan fingerprint density at radius 1 is 0.531 bits per heavy atom. The van der Waals surface area contributed by atoms with Gasteiger partial charge in [0.25, 0.3) is 0 Å². The first kappa shape index (κ1) is 18.9. The van der Waals surface area contributed by atoms with Gasteiger partial charge in [0.15, 0.2) is 11.5 Å². The number of anilines is 2. The summed E-state index contributed by atoms with van der Waals surface area (Å²) in [6, 6.07) is 33.8. The highest BCUT2D eigenvalue weighted by molar-refractivity contribution is 6.08. The molecule has 0 saturated carbocycles. The molecular formula is C30H25NO. The number of aryl methyl sites for hydroxylation is 2. The molecule has 1 aliphatic carbocycles. The van der Waals surface area contributed by atoms with Crippen LogP contribution < -0.4 is 10.1 Å². The third-order valence-corrected chi connectivity index (χ3v) is 6.52. The van der Waals surface area contributed by atoms with Crippen LogP contribution in [0.5, 0.6) is 11.5 Å². The monoisotopic (exact) mass is 415 g/mol. The first-order valence-corrected chi connectivity index (χ1v) is 11.4. The number of hydrogen-bond donors (Lipinski definition) is 1. The molecule has 7 rings (SSSR count). The number of ether oxygens (including phenoxy) is 1. The van der Waals surface area contributed by atoms with Crippen LogP contribution in [0.1, 0.15) is 24.0 Å². The topological polar surface area (TPSA) is 21.3 Å². The molecular weight excluding hydrogens is 390 g/mol. The summed E-state index contributed by atoms with van der Waals surface area (Å²) in [5.74, 6) is 1.76. The maximum absolute atomic E-state index is 5.71. The van der Waals surface area contributed by atoms with Gasteiger partial charge in [0.1, 0.15) is 0 Å². The molecule has 0 atom stereocenters. The molecule has 0 saturated heterocycles. The van der Waals surface area contributed by atoms with E-state index in [0.717, 1.165) is 22.9 Å². The van der Waals surface area contributed by atoms with Crippen molar-refractivity contribution in [2.24, 2.45) is 0 Å². The van der Waals surface area contributed by atoms with Gasteiger partial charge in [0.2, 0.25) is 0 Å². The fraction of sp³-hybridized carbons (Fsp3) is 0.133. The summed E-state index contributed by atoms with van der Waals surface area (Å²) in [5, 5.41) is 8.96. The van der Waals surface area contributed by atoms with E-state index >= 15 is 0 Å². The number of para-hydroxylation sites is 4. The van der Waals surface area contributed by atoms with Gasteiger partial charge in [-0.25, -0.2) is 0 Å². The summed E-state index contributed by atoms with van der Waals surface area (Å²) >= 11 is 0. The van der Waals surface area contributed by atoms with Gasteiger partial charge in [0, 0.05) is 0 Å². The van der Waals surface area contributed by atoms with Gasteiger partial charge < -0.3 is 10.1 Å². The molecule has 0 unspecified atom stereocenters. The lowest BCUT2D eigenvalue weighted by Gasteiger charge is -2.20. The molecule has 0 fully saturated rings. The summed E-state index contributed by atoms with van der Waals surface area (Å²) in [7, 11) is 0. The fourth-order valence-electron chi connectivity index (χ4n) is 4.92. The Balaban J connectivity index is 0.000000126. The standard InChI is InChI=1S/C18H16.C12H9NO/c1-3-7-15-13(5-1)9-11-18-16-8-4-2-6-14(16)10-12-17(15)18;1-3-7-11-9(5-1)13-10-6-2-4-8-12(10)14-11/h1,3,5,7,9-12H,2,4,6,8H2;1-8,13H. The Kier molecular flexibility index (Phi) is 4.77. The quantitative estimate of drug-likeness (QED) is 0.251. The van der Waals surface area contributed by atoms with E-state index in [9.17, 15) is 0 Å². The molecule has 2 aliphatic rings. The predicted octanol–water partition coefficient (Wildman–Crippen LogP) is 8.41. The average molecular weight is 416 g/mol. The molecule has 2 nitrogen and oxygen atoms in total. The molecule has 0 radical (unpaired) electrons. The molecule has 0 aromatic heterocycles. The van der Waals surface area contributed by atoms with Gasteiger partial charge >= 0.3 is 0 Å². The SMILES string of the molecule is c1ccc2c(c1)Nc1ccccc1O2.c1ccc2c(c1)ccc1c3c(ccc12)CCCC3. The maximum Gasteiger partial charge on any atom is 0.150 e. The van der Waals surface area contributed by atoms with E-state index in [1.165, 1.54) is 47.2 Å². The van der Waals surface area contributed by atoms with Crippen LogP contribution in [0.25, 0.3) is 21.5 Å². The molecule has 0 spiro atoms. The molecule has 5 aromatic carbocycles. The first-order chi connectivity index (χ1) is 15.9. The van der Waals surface area contributed by atoms with Crippen molar-refractivity contribution < 1.29 is 4.74 Å². The van der Waals surface area contributed by atoms with E-state index in [1.807, 2.05) is 48.5 Å². The van der Waals surface area contributed by atoms with Gasteiger partial charge in [-0.15, -0.1) is 0 Å². The maximum atomic E-state index is 5.71. The van der Waals surface area contributed by atoms with E-state index < -0.39 is 0 Å². The zero-order chi connectivity index (χ0) is 21.3. The number of benzene rings is 5. The molecule has 2 heteroatoms. The van der Waals surface area contributed by atoms with Gasteiger partial charge in [0.05, 0.1) is 11.4 Å². The molecule has 0 amide bonds. The minimum absolute atomic E-state index is 0.881. The van der Waals surface area contributed by atoms with Crippen molar-refractivity contribution in [2.75, 3.05) is 5.32 Å². The average Bonchev–Trinajstić information content (AvgIpc) is 2.87. The lowest BCUT2D eigenvalue weighted by molar-refractivity contribution is 0.481. The van der Waals surface area contributed by atoms with Crippen molar-refractivity contribution in [1.29, 1.82) is 0 Å². The second-order valence-corrected chi connectivity index (χ2v) is 8.51. The highest BCUT2D eigenvalue weighted by Crippen LogP contribution is 2.41. The lowest BCUT2D eigenvalue weighted by atomic mass is 9.86. The zero-order valence-electron chi connectivity index (χ0n) is 18.0. The van der Waals surface area contributed by atoms with Crippen molar-refractivity contribution >= 4 is 32.9 Å². The summed E-state index contributed by atoms with van der Waals surface area (Å²) < 4.78 is 5.71.